The molecule has 0 spiro atoms. The number of rotatable bonds is 4. The van der Waals surface area contributed by atoms with Crippen LogP contribution in [0.1, 0.15) is 32.6 Å². The number of hydrogen-bond donors (Lipinski definition) is 1. The van der Waals surface area contributed by atoms with Gasteiger partial charge in [0.05, 0.1) is 16.0 Å². The molecule has 2 aromatic carbocycles. The van der Waals surface area contributed by atoms with Crippen LogP contribution in [0.3, 0.4) is 0 Å². The van der Waals surface area contributed by atoms with Gasteiger partial charge in [-0.15, -0.1) is 0 Å². The van der Waals surface area contributed by atoms with Gasteiger partial charge < -0.3 is 5.32 Å². The second-order valence-corrected chi connectivity index (χ2v) is 9.10. The van der Waals surface area contributed by atoms with Crippen molar-refractivity contribution in [2.24, 2.45) is 0 Å². The Balaban J connectivity index is 2.56. The van der Waals surface area contributed by atoms with Crippen molar-refractivity contribution in [1.82, 2.24) is 4.31 Å². The minimum atomic E-state index is -5.11. The fourth-order valence-electron chi connectivity index (χ4n) is 2.60. The van der Waals surface area contributed by atoms with Crippen molar-refractivity contribution >= 4 is 21.6 Å². The van der Waals surface area contributed by atoms with Crippen LogP contribution in [-0.4, -0.2) is 32.7 Å². The van der Waals surface area contributed by atoms with E-state index in [0.29, 0.717) is 23.3 Å². The van der Waals surface area contributed by atoms with Gasteiger partial charge in [0.25, 0.3) is 5.91 Å². The molecule has 31 heavy (non-hydrogen) atoms. The summed E-state index contributed by atoms with van der Waals surface area (Å²) in [6.45, 7) is 3.07. The number of carbonyl (C=O) groups excluding carboxylic acids is 1. The van der Waals surface area contributed by atoms with E-state index in [1.165, 1.54) is 27.1 Å². The highest BCUT2D eigenvalue weighted by molar-refractivity contribution is 7.89. The smallest absolute Gasteiger partial charge is 0.322 e. The van der Waals surface area contributed by atoms with E-state index in [1.54, 1.807) is 6.92 Å². The van der Waals surface area contributed by atoms with E-state index in [4.69, 9.17) is 0 Å². The van der Waals surface area contributed by atoms with Gasteiger partial charge in [0.1, 0.15) is 0 Å². The lowest BCUT2D eigenvalue weighted by atomic mass is 10.0. The lowest BCUT2D eigenvalue weighted by molar-refractivity contribution is -0.143. The molecule has 12 heteroatoms. The molecule has 0 saturated carbocycles. The molecule has 1 amide bonds. The van der Waals surface area contributed by atoms with Crippen LogP contribution < -0.4 is 5.32 Å². The van der Waals surface area contributed by atoms with Crippen LogP contribution in [0.15, 0.2) is 35.2 Å². The quantitative estimate of drug-likeness (QED) is 0.653. The van der Waals surface area contributed by atoms with Crippen LogP contribution in [0, 0.1) is 13.8 Å². The topological polar surface area (TPSA) is 66.5 Å². The monoisotopic (exact) mass is 468 g/mol. The van der Waals surface area contributed by atoms with Crippen molar-refractivity contribution in [2.45, 2.75) is 31.1 Å². The number of aryl methyl sites for hydroxylation is 1. The van der Waals surface area contributed by atoms with Crippen LogP contribution in [0.25, 0.3) is 0 Å². The lowest BCUT2D eigenvalue weighted by Crippen LogP contribution is -2.23. The van der Waals surface area contributed by atoms with E-state index < -0.39 is 45.0 Å². The third-order valence-electron chi connectivity index (χ3n) is 4.52. The molecule has 0 unspecified atom stereocenters. The molecule has 0 radical (unpaired) electrons. The van der Waals surface area contributed by atoms with Gasteiger partial charge >= 0.3 is 12.4 Å². The molecule has 0 bridgehead atoms. The zero-order valence-electron chi connectivity index (χ0n) is 16.7. The Bertz CT molecular complexity index is 1090. The summed E-state index contributed by atoms with van der Waals surface area (Å²) in [4.78, 5) is 12.3. The Morgan fingerprint density at radius 3 is 1.77 bits per heavy atom. The number of sulfonamides is 1. The first kappa shape index (κ1) is 24.7. The van der Waals surface area contributed by atoms with Gasteiger partial charge in [0, 0.05) is 25.3 Å². The van der Waals surface area contributed by atoms with Gasteiger partial charge in [-0.3, -0.25) is 4.79 Å². The van der Waals surface area contributed by atoms with Crippen molar-refractivity contribution in [3.8, 4) is 0 Å². The Labute approximate surface area is 174 Å². The fourth-order valence-corrected chi connectivity index (χ4v) is 3.61. The highest BCUT2D eigenvalue weighted by Crippen LogP contribution is 2.36. The molecule has 0 aromatic heterocycles. The molecule has 0 saturated heterocycles. The number of amides is 1. The predicted molar refractivity (Wildman–Crippen MR) is 101 cm³/mol. The van der Waals surface area contributed by atoms with Crippen LogP contribution in [0.4, 0.5) is 32.0 Å². The SMILES string of the molecule is Cc1cc(S(=O)(=O)N(C)C)cc(NC(=O)c2cc(C(F)(F)F)cc(C(F)(F)F)c2)c1C. The van der Waals surface area contributed by atoms with Gasteiger partial charge in [-0.25, -0.2) is 12.7 Å². The molecule has 2 rings (SSSR count). The van der Waals surface area contributed by atoms with Gasteiger partial charge in [0.15, 0.2) is 0 Å². The molecule has 0 atom stereocenters. The zero-order valence-corrected chi connectivity index (χ0v) is 17.6. The third kappa shape index (κ3) is 5.37. The molecule has 5 nitrogen and oxygen atoms in total. The largest absolute Gasteiger partial charge is 0.416 e. The Hall–Kier alpha value is -2.60. The van der Waals surface area contributed by atoms with Crippen LogP contribution in [0.2, 0.25) is 0 Å². The first-order chi connectivity index (χ1) is 13.9. The molecular weight excluding hydrogens is 450 g/mol. The van der Waals surface area contributed by atoms with Crippen molar-refractivity contribution in [2.75, 3.05) is 19.4 Å². The zero-order chi connectivity index (χ0) is 23.9. The molecule has 170 valence electrons. The van der Waals surface area contributed by atoms with Gasteiger partial charge in [-0.2, -0.15) is 26.3 Å². The van der Waals surface area contributed by atoms with E-state index in [0.717, 1.165) is 10.4 Å². The highest BCUT2D eigenvalue weighted by Gasteiger charge is 2.37. The fraction of sp³-hybridized carbons (Fsp3) is 0.316. The molecule has 0 heterocycles. The van der Waals surface area contributed by atoms with Crippen LogP contribution in [-0.2, 0) is 22.4 Å². The summed E-state index contributed by atoms with van der Waals surface area (Å²) in [5.41, 5.74) is -3.36. The maximum absolute atomic E-state index is 13.0. The molecule has 0 fully saturated rings. The number of nitrogens with one attached hydrogen (secondary N) is 1. The third-order valence-corrected chi connectivity index (χ3v) is 6.31. The Kier molecular flexibility index (Phi) is 6.49. The minimum absolute atomic E-state index is 0.0589. The summed E-state index contributed by atoms with van der Waals surface area (Å²) in [6, 6.07) is 2.94. The summed E-state index contributed by atoms with van der Waals surface area (Å²) in [7, 11) is -1.34. The van der Waals surface area contributed by atoms with Gasteiger partial charge in [0.2, 0.25) is 10.0 Å². The average Bonchev–Trinajstić information content (AvgIpc) is 2.63. The standard InChI is InChI=1S/C19H18F6N2O3S/c1-10-5-15(31(29,30)27(3)4)9-16(11(10)2)26-17(28)12-6-13(18(20,21)22)8-14(7-12)19(23,24)25/h5-9H,1-4H3,(H,26,28). The lowest BCUT2D eigenvalue weighted by Gasteiger charge is -2.17. The summed E-state index contributed by atoms with van der Waals surface area (Å²) in [5, 5.41) is 2.22. The summed E-state index contributed by atoms with van der Waals surface area (Å²) in [5.74, 6) is -1.25. The van der Waals surface area contributed by atoms with Crippen LogP contribution in [0.5, 0.6) is 0 Å². The predicted octanol–water partition coefficient (Wildman–Crippen LogP) is 4.84. The van der Waals surface area contributed by atoms with Gasteiger partial charge in [-0.1, -0.05) is 0 Å². The second-order valence-electron chi connectivity index (χ2n) is 6.95. The first-order valence-corrected chi connectivity index (χ1v) is 10.0. The van der Waals surface area contributed by atoms with E-state index >= 15 is 0 Å². The van der Waals surface area contributed by atoms with E-state index in [2.05, 4.69) is 5.32 Å². The average molecular weight is 468 g/mol. The number of nitrogens with zero attached hydrogens (tertiary/aromatic N) is 1. The summed E-state index contributed by atoms with van der Waals surface area (Å²) in [6.07, 6.45) is -10.2. The summed E-state index contributed by atoms with van der Waals surface area (Å²) >= 11 is 0. The van der Waals surface area contributed by atoms with Crippen molar-refractivity contribution in [1.29, 1.82) is 0 Å². The molecular formula is C19H18F6N2O3S. The van der Waals surface area contributed by atoms with Crippen LogP contribution >= 0.6 is 0 Å². The number of halogens is 6. The Morgan fingerprint density at radius 2 is 1.35 bits per heavy atom. The van der Waals surface area contributed by atoms with Gasteiger partial charge in [-0.05, 0) is 55.3 Å². The van der Waals surface area contributed by atoms with Crippen molar-refractivity contribution < 1.29 is 39.6 Å². The molecule has 1 N–H and O–H groups in total. The number of anilines is 1. The first-order valence-electron chi connectivity index (χ1n) is 8.59. The number of hydrogen-bond acceptors (Lipinski definition) is 3. The molecule has 0 aliphatic carbocycles. The molecule has 2 aromatic rings. The number of alkyl halides is 6. The normalized spacial score (nSPS) is 12.9. The van der Waals surface area contributed by atoms with E-state index in [-0.39, 0.29) is 16.6 Å². The molecule has 0 aliphatic rings. The molecule has 0 aliphatic heterocycles. The maximum Gasteiger partial charge on any atom is 0.416 e. The minimum Gasteiger partial charge on any atom is -0.322 e. The maximum atomic E-state index is 13.0. The Morgan fingerprint density at radius 1 is 0.871 bits per heavy atom. The number of carbonyl (C=O) groups is 1. The number of benzene rings is 2. The summed E-state index contributed by atoms with van der Waals surface area (Å²) < 4.78 is 104. The van der Waals surface area contributed by atoms with Crippen molar-refractivity contribution in [3.63, 3.8) is 0 Å². The second kappa shape index (κ2) is 8.15. The van der Waals surface area contributed by atoms with E-state index in [9.17, 15) is 39.6 Å². The van der Waals surface area contributed by atoms with E-state index in [1.807, 2.05) is 0 Å². The highest BCUT2D eigenvalue weighted by atomic mass is 32.2. The van der Waals surface area contributed by atoms with Crippen molar-refractivity contribution in [3.05, 3.63) is 58.1 Å².